The second kappa shape index (κ2) is 7.86. The van der Waals surface area contributed by atoms with Crippen LogP contribution in [0.5, 0.6) is 5.88 Å². The molecule has 116 valence electrons. The lowest BCUT2D eigenvalue weighted by Crippen LogP contribution is -2.37. The molecule has 0 aliphatic carbocycles. The van der Waals surface area contributed by atoms with Crippen LogP contribution >= 0.6 is 0 Å². The molecule has 0 saturated carbocycles. The molecule has 0 spiro atoms. The van der Waals surface area contributed by atoms with Gasteiger partial charge >= 0.3 is 6.03 Å². The largest absolute Gasteiger partial charge is 0.473 e. The number of ether oxygens (including phenoxy) is 1. The Morgan fingerprint density at radius 1 is 1.24 bits per heavy atom. The molecular formula is C16H25N3O2. The molecule has 1 N–H and O–H groups in total. The zero-order valence-electron chi connectivity index (χ0n) is 13.0. The number of hydrogen-bond acceptors (Lipinski definition) is 3. The number of anilines is 1. The van der Waals surface area contributed by atoms with Gasteiger partial charge in [0, 0.05) is 19.3 Å². The highest BCUT2D eigenvalue weighted by atomic mass is 16.5. The van der Waals surface area contributed by atoms with E-state index in [1.54, 1.807) is 12.3 Å². The van der Waals surface area contributed by atoms with Gasteiger partial charge in [0.2, 0.25) is 5.88 Å². The zero-order chi connectivity index (χ0) is 15.1. The molecule has 0 radical (unpaired) electrons. The second-order valence-electron chi connectivity index (χ2n) is 5.71. The number of likely N-dealkylation sites (tertiary alicyclic amines) is 1. The van der Waals surface area contributed by atoms with Crippen molar-refractivity contribution in [2.45, 2.75) is 52.1 Å². The molecule has 1 aliphatic heterocycles. The third kappa shape index (κ3) is 4.92. The normalized spacial score (nSPS) is 16.2. The Balaban J connectivity index is 2.01. The molecule has 1 saturated heterocycles. The first-order valence-electron chi connectivity index (χ1n) is 7.84. The molecule has 1 fully saturated rings. The molecule has 1 aromatic rings. The number of nitrogens with one attached hydrogen (secondary N) is 1. The van der Waals surface area contributed by atoms with Crippen LogP contribution in [-0.2, 0) is 0 Å². The average Bonchev–Trinajstić information content (AvgIpc) is 2.40. The first kappa shape index (κ1) is 15.6. The van der Waals surface area contributed by atoms with Gasteiger partial charge in [-0.25, -0.2) is 9.78 Å². The summed E-state index contributed by atoms with van der Waals surface area (Å²) >= 11 is 0. The summed E-state index contributed by atoms with van der Waals surface area (Å²) in [5.41, 5.74) is 0.637. The summed E-state index contributed by atoms with van der Waals surface area (Å²) in [5.74, 6) is 0.480. The number of nitrogens with zero attached hydrogens (tertiary/aromatic N) is 2. The molecule has 2 heterocycles. The monoisotopic (exact) mass is 291 g/mol. The van der Waals surface area contributed by atoms with Crippen LogP contribution in [0.4, 0.5) is 10.5 Å². The highest BCUT2D eigenvalue weighted by molar-refractivity contribution is 5.90. The van der Waals surface area contributed by atoms with E-state index in [0.717, 1.165) is 25.9 Å². The Bertz CT molecular complexity index is 455. The number of hydrogen-bond donors (Lipinski definition) is 1. The van der Waals surface area contributed by atoms with E-state index in [0.29, 0.717) is 11.6 Å². The van der Waals surface area contributed by atoms with Crippen molar-refractivity contribution in [3.8, 4) is 5.88 Å². The summed E-state index contributed by atoms with van der Waals surface area (Å²) < 4.78 is 5.63. The summed E-state index contributed by atoms with van der Waals surface area (Å²) in [7, 11) is 0. The van der Waals surface area contributed by atoms with Gasteiger partial charge in [0.15, 0.2) is 0 Å². The molecule has 0 bridgehead atoms. The maximum absolute atomic E-state index is 12.4. The van der Waals surface area contributed by atoms with Gasteiger partial charge < -0.3 is 15.0 Å². The number of aromatic nitrogens is 1. The summed E-state index contributed by atoms with van der Waals surface area (Å²) in [6.07, 6.45) is 7.55. The number of carbonyl (C=O) groups excluding carboxylic acids is 1. The highest BCUT2D eigenvalue weighted by Gasteiger charge is 2.17. The molecule has 0 unspecified atom stereocenters. The van der Waals surface area contributed by atoms with Gasteiger partial charge in [-0.2, -0.15) is 0 Å². The van der Waals surface area contributed by atoms with E-state index in [9.17, 15) is 4.79 Å². The van der Waals surface area contributed by atoms with Gasteiger partial charge in [0.1, 0.15) is 5.69 Å². The van der Waals surface area contributed by atoms with Crippen LogP contribution < -0.4 is 10.1 Å². The van der Waals surface area contributed by atoms with Crippen LogP contribution in [0.15, 0.2) is 18.3 Å². The molecule has 1 aromatic heterocycles. The zero-order valence-corrected chi connectivity index (χ0v) is 13.0. The summed E-state index contributed by atoms with van der Waals surface area (Å²) in [6, 6.07) is 3.57. The van der Waals surface area contributed by atoms with Crippen molar-refractivity contribution < 1.29 is 9.53 Å². The number of urea groups is 1. The molecule has 1 aliphatic rings. The lowest BCUT2D eigenvalue weighted by molar-refractivity contribution is 0.205. The highest BCUT2D eigenvalue weighted by Crippen LogP contribution is 2.22. The third-order valence-corrected chi connectivity index (χ3v) is 3.50. The van der Waals surface area contributed by atoms with E-state index >= 15 is 0 Å². The fourth-order valence-electron chi connectivity index (χ4n) is 2.45. The van der Waals surface area contributed by atoms with E-state index in [1.807, 2.05) is 24.8 Å². The molecule has 5 heteroatoms. The van der Waals surface area contributed by atoms with Crippen LogP contribution in [0.25, 0.3) is 0 Å². The van der Waals surface area contributed by atoms with Crippen LogP contribution in [0, 0.1) is 0 Å². The van der Waals surface area contributed by atoms with E-state index in [-0.39, 0.29) is 12.1 Å². The minimum Gasteiger partial charge on any atom is -0.473 e. The smallest absolute Gasteiger partial charge is 0.321 e. The van der Waals surface area contributed by atoms with Crippen molar-refractivity contribution in [2.24, 2.45) is 0 Å². The van der Waals surface area contributed by atoms with E-state index < -0.39 is 0 Å². The van der Waals surface area contributed by atoms with Gasteiger partial charge in [-0.05, 0) is 38.8 Å². The fourth-order valence-corrected chi connectivity index (χ4v) is 2.45. The van der Waals surface area contributed by atoms with Crippen molar-refractivity contribution in [2.75, 3.05) is 18.4 Å². The van der Waals surface area contributed by atoms with Crippen LogP contribution in [0.2, 0.25) is 0 Å². The summed E-state index contributed by atoms with van der Waals surface area (Å²) in [6.45, 7) is 5.54. The van der Waals surface area contributed by atoms with E-state index in [1.165, 1.54) is 19.3 Å². The van der Waals surface area contributed by atoms with Crippen molar-refractivity contribution in [1.29, 1.82) is 0 Å². The quantitative estimate of drug-likeness (QED) is 0.924. The van der Waals surface area contributed by atoms with Crippen LogP contribution in [0.3, 0.4) is 0 Å². The molecule has 0 atom stereocenters. The molecule has 2 rings (SSSR count). The SMILES string of the molecule is CC(C)Oc1ncccc1NC(=O)N1CCCCCCC1. The minimum atomic E-state index is -0.0569. The van der Waals surface area contributed by atoms with E-state index in [4.69, 9.17) is 4.74 Å². The van der Waals surface area contributed by atoms with Gasteiger partial charge in [-0.15, -0.1) is 0 Å². The molecular weight excluding hydrogens is 266 g/mol. The Labute approximate surface area is 126 Å². The molecule has 5 nitrogen and oxygen atoms in total. The molecule has 0 aromatic carbocycles. The summed E-state index contributed by atoms with van der Waals surface area (Å²) in [5, 5.41) is 2.93. The maximum atomic E-state index is 12.4. The fraction of sp³-hybridized carbons (Fsp3) is 0.625. The lowest BCUT2D eigenvalue weighted by atomic mass is 10.1. The number of rotatable bonds is 3. The number of amides is 2. The predicted octanol–water partition coefficient (Wildman–Crippen LogP) is 3.67. The molecule has 2 amide bonds. The predicted molar refractivity (Wildman–Crippen MR) is 83.7 cm³/mol. The third-order valence-electron chi connectivity index (χ3n) is 3.50. The summed E-state index contributed by atoms with van der Waals surface area (Å²) in [4.78, 5) is 18.5. The van der Waals surface area contributed by atoms with Gasteiger partial charge in [-0.1, -0.05) is 19.3 Å². The Morgan fingerprint density at radius 2 is 1.90 bits per heavy atom. The van der Waals surface area contributed by atoms with Crippen molar-refractivity contribution >= 4 is 11.7 Å². The lowest BCUT2D eigenvalue weighted by Gasteiger charge is -2.25. The average molecular weight is 291 g/mol. The maximum Gasteiger partial charge on any atom is 0.321 e. The Hall–Kier alpha value is -1.78. The standard InChI is InChI=1S/C16H25N3O2/c1-13(2)21-15-14(9-8-10-17-15)18-16(20)19-11-6-4-3-5-7-12-19/h8-10,13H,3-7,11-12H2,1-2H3,(H,18,20). The molecule has 21 heavy (non-hydrogen) atoms. The Morgan fingerprint density at radius 3 is 2.57 bits per heavy atom. The minimum absolute atomic E-state index is 0.0252. The van der Waals surface area contributed by atoms with Crippen molar-refractivity contribution in [3.05, 3.63) is 18.3 Å². The number of pyridine rings is 1. The first-order chi connectivity index (χ1) is 10.2. The Kier molecular flexibility index (Phi) is 5.84. The topological polar surface area (TPSA) is 54.5 Å². The van der Waals surface area contributed by atoms with Crippen molar-refractivity contribution in [3.63, 3.8) is 0 Å². The first-order valence-corrected chi connectivity index (χ1v) is 7.84. The van der Waals surface area contributed by atoms with Crippen molar-refractivity contribution in [1.82, 2.24) is 9.88 Å². The van der Waals surface area contributed by atoms with Gasteiger partial charge in [-0.3, -0.25) is 0 Å². The van der Waals surface area contributed by atoms with Crippen LogP contribution in [0.1, 0.15) is 46.0 Å². The van der Waals surface area contributed by atoms with Gasteiger partial charge in [0.05, 0.1) is 6.10 Å². The number of carbonyl (C=O) groups is 1. The van der Waals surface area contributed by atoms with E-state index in [2.05, 4.69) is 10.3 Å². The van der Waals surface area contributed by atoms with Gasteiger partial charge in [0.25, 0.3) is 0 Å². The van der Waals surface area contributed by atoms with Crippen LogP contribution in [-0.4, -0.2) is 35.1 Å². The second-order valence-corrected chi connectivity index (χ2v) is 5.71.